The van der Waals surface area contributed by atoms with E-state index >= 15 is 0 Å². The number of nitrogens with one attached hydrogen (secondary N) is 2. The Labute approximate surface area is 62.2 Å². The van der Waals surface area contributed by atoms with Crippen LogP contribution in [0.4, 0.5) is 0 Å². The van der Waals surface area contributed by atoms with Crippen LogP contribution in [-0.4, -0.2) is 26.5 Å². The van der Waals surface area contributed by atoms with E-state index in [9.17, 15) is 0 Å². The molecule has 58 valence electrons. The van der Waals surface area contributed by atoms with Crippen LogP contribution in [0.2, 0.25) is 0 Å². The molecule has 0 radical (unpaired) electrons. The average molecular weight is 141 g/mol. The van der Waals surface area contributed by atoms with Gasteiger partial charge >= 0.3 is 0 Å². The van der Waals surface area contributed by atoms with E-state index in [2.05, 4.69) is 22.2 Å². The molecule has 0 rings (SSSR count). The van der Waals surface area contributed by atoms with Gasteiger partial charge in [0.2, 0.25) is 0 Å². The Hall–Kier alpha value is -0.990. The number of hydrogen-bond acceptors (Lipinski definition) is 2. The first-order valence-electron chi connectivity index (χ1n) is 3.23. The molecule has 3 nitrogen and oxygen atoms in total. The number of aliphatic imine (C=N–C) groups is 1. The summed E-state index contributed by atoms with van der Waals surface area (Å²) in [6.07, 6.45) is 0. The number of allylic oxidation sites excluding steroid dienone is 1. The van der Waals surface area contributed by atoms with Gasteiger partial charge in [0.25, 0.3) is 0 Å². The molecule has 0 heterocycles. The number of rotatable bonds is 3. The maximum atomic E-state index is 3.98. The first-order valence-corrected chi connectivity index (χ1v) is 3.23. The highest BCUT2D eigenvalue weighted by molar-refractivity contribution is 5.83. The standard InChI is InChI=1S/C7H15N3/c1-6(2)10-5-7(8-3)9-4/h10H,1,5H2,2-4H3,(H,8,9). The molecule has 0 spiro atoms. The Morgan fingerprint density at radius 2 is 2.20 bits per heavy atom. The zero-order valence-corrected chi connectivity index (χ0v) is 6.86. The number of hydrogen-bond donors (Lipinski definition) is 2. The maximum absolute atomic E-state index is 3.98. The van der Waals surface area contributed by atoms with Gasteiger partial charge in [0.1, 0.15) is 5.84 Å². The molecule has 0 aliphatic carbocycles. The molecule has 0 aliphatic heterocycles. The highest BCUT2D eigenvalue weighted by Crippen LogP contribution is 1.76. The summed E-state index contributed by atoms with van der Waals surface area (Å²) in [5.74, 6) is 0.933. The average Bonchev–Trinajstić information content (AvgIpc) is 1.90. The van der Waals surface area contributed by atoms with Crippen molar-refractivity contribution in [2.75, 3.05) is 20.6 Å². The summed E-state index contributed by atoms with van der Waals surface area (Å²) in [6, 6.07) is 0. The van der Waals surface area contributed by atoms with Crippen molar-refractivity contribution in [2.24, 2.45) is 4.99 Å². The number of amidine groups is 1. The van der Waals surface area contributed by atoms with E-state index < -0.39 is 0 Å². The third-order valence-electron chi connectivity index (χ3n) is 1.12. The quantitative estimate of drug-likeness (QED) is 0.440. The van der Waals surface area contributed by atoms with Gasteiger partial charge in [0.05, 0.1) is 6.54 Å². The molecule has 0 amide bonds. The van der Waals surface area contributed by atoms with E-state index in [1.54, 1.807) is 7.05 Å². The van der Waals surface area contributed by atoms with Crippen molar-refractivity contribution in [3.8, 4) is 0 Å². The second-order valence-corrected chi connectivity index (χ2v) is 2.05. The Balaban J connectivity index is 3.56. The largest absolute Gasteiger partial charge is 0.382 e. The van der Waals surface area contributed by atoms with Crippen molar-refractivity contribution < 1.29 is 0 Å². The van der Waals surface area contributed by atoms with Crippen molar-refractivity contribution in [1.29, 1.82) is 0 Å². The molecular weight excluding hydrogens is 126 g/mol. The predicted molar refractivity (Wildman–Crippen MR) is 45.2 cm³/mol. The highest BCUT2D eigenvalue weighted by Gasteiger charge is 1.90. The van der Waals surface area contributed by atoms with E-state index in [1.807, 2.05) is 14.0 Å². The lowest BCUT2D eigenvalue weighted by molar-refractivity contribution is 0.903. The summed E-state index contributed by atoms with van der Waals surface area (Å²) >= 11 is 0. The zero-order valence-electron chi connectivity index (χ0n) is 6.86. The van der Waals surface area contributed by atoms with Gasteiger partial charge in [-0.05, 0) is 6.92 Å². The fraction of sp³-hybridized carbons (Fsp3) is 0.571. The van der Waals surface area contributed by atoms with Gasteiger partial charge in [0.15, 0.2) is 0 Å². The van der Waals surface area contributed by atoms with Gasteiger partial charge in [-0.25, -0.2) is 0 Å². The summed E-state index contributed by atoms with van der Waals surface area (Å²) < 4.78 is 0. The topological polar surface area (TPSA) is 36.4 Å². The monoisotopic (exact) mass is 141 g/mol. The Kier molecular flexibility index (Phi) is 4.37. The Morgan fingerprint density at radius 1 is 1.60 bits per heavy atom. The lowest BCUT2D eigenvalue weighted by Crippen LogP contribution is -2.30. The normalized spacial score (nSPS) is 10.9. The number of likely N-dealkylation sites (N-methyl/N-ethyl adjacent to an activating group) is 1. The van der Waals surface area contributed by atoms with Crippen LogP contribution in [0.25, 0.3) is 0 Å². The smallest absolute Gasteiger partial charge is 0.115 e. The van der Waals surface area contributed by atoms with E-state index in [4.69, 9.17) is 0 Å². The third-order valence-corrected chi connectivity index (χ3v) is 1.12. The first-order chi connectivity index (χ1) is 4.70. The lowest BCUT2D eigenvalue weighted by Gasteiger charge is -2.06. The van der Waals surface area contributed by atoms with Crippen LogP contribution < -0.4 is 10.6 Å². The molecule has 0 aromatic heterocycles. The molecule has 10 heavy (non-hydrogen) atoms. The van der Waals surface area contributed by atoms with Crippen LogP contribution in [0.5, 0.6) is 0 Å². The molecule has 0 fully saturated rings. The van der Waals surface area contributed by atoms with Crippen molar-refractivity contribution in [2.45, 2.75) is 6.92 Å². The predicted octanol–water partition coefficient (Wildman–Crippen LogP) is 0.357. The summed E-state index contributed by atoms with van der Waals surface area (Å²) in [7, 11) is 3.61. The number of nitrogens with zero attached hydrogens (tertiary/aromatic N) is 1. The lowest BCUT2D eigenvalue weighted by atomic mass is 10.5. The van der Waals surface area contributed by atoms with Crippen LogP contribution in [0.3, 0.4) is 0 Å². The SMILES string of the molecule is C=C(C)NCC(=NC)NC. The molecule has 0 atom stereocenters. The van der Waals surface area contributed by atoms with Crippen molar-refractivity contribution in [3.05, 3.63) is 12.3 Å². The molecule has 0 bridgehead atoms. The molecule has 0 unspecified atom stereocenters. The fourth-order valence-corrected chi connectivity index (χ4v) is 0.514. The van der Waals surface area contributed by atoms with E-state index in [0.717, 1.165) is 18.1 Å². The van der Waals surface area contributed by atoms with Crippen molar-refractivity contribution in [1.82, 2.24) is 10.6 Å². The Bertz CT molecular complexity index is 138. The zero-order chi connectivity index (χ0) is 7.98. The second-order valence-electron chi connectivity index (χ2n) is 2.05. The van der Waals surface area contributed by atoms with Crippen LogP contribution in [0.1, 0.15) is 6.92 Å². The van der Waals surface area contributed by atoms with Gasteiger partial charge in [0, 0.05) is 19.8 Å². The molecule has 0 saturated carbocycles. The first kappa shape index (κ1) is 9.01. The van der Waals surface area contributed by atoms with Crippen LogP contribution in [0, 0.1) is 0 Å². The Morgan fingerprint density at radius 3 is 2.50 bits per heavy atom. The fourth-order valence-electron chi connectivity index (χ4n) is 0.514. The van der Waals surface area contributed by atoms with E-state index in [0.29, 0.717) is 0 Å². The molecule has 0 aliphatic rings. The van der Waals surface area contributed by atoms with Crippen LogP contribution in [0.15, 0.2) is 17.3 Å². The molecule has 0 saturated heterocycles. The van der Waals surface area contributed by atoms with E-state index in [1.165, 1.54) is 0 Å². The summed E-state index contributed by atoms with van der Waals surface area (Å²) in [5.41, 5.74) is 0.955. The minimum absolute atomic E-state index is 0.725. The van der Waals surface area contributed by atoms with Crippen molar-refractivity contribution in [3.63, 3.8) is 0 Å². The molecule has 3 heteroatoms. The van der Waals surface area contributed by atoms with Crippen LogP contribution >= 0.6 is 0 Å². The maximum Gasteiger partial charge on any atom is 0.115 e. The highest BCUT2D eigenvalue weighted by atomic mass is 15.0. The summed E-state index contributed by atoms with van der Waals surface area (Å²) in [6.45, 7) is 6.35. The molecule has 0 aromatic rings. The summed E-state index contributed by atoms with van der Waals surface area (Å²) in [4.78, 5) is 3.98. The van der Waals surface area contributed by atoms with Gasteiger partial charge in [-0.1, -0.05) is 6.58 Å². The second kappa shape index (κ2) is 4.85. The van der Waals surface area contributed by atoms with Crippen LogP contribution in [-0.2, 0) is 0 Å². The van der Waals surface area contributed by atoms with Gasteiger partial charge in [-0.15, -0.1) is 0 Å². The minimum atomic E-state index is 0.725. The minimum Gasteiger partial charge on any atom is -0.382 e. The van der Waals surface area contributed by atoms with Gasteiger partial charge in [-0.2, -0.15) is 0 Å². The van der Waals surface area contributed by atoms with Crippen molar-refractivity contribution >= 4 is 5.84 Å². The third kappa shape index (κ3) is 3.95. The molecule has 2 N–H and O–H groups in total. The van der Waals surface area contributed by atoms with E-state index in [-0.39, 0.29) is 0 Å². The molecule has 0 aromatic carbocycles. The summed E-state index contributed by atoms with van der Waals surface area (Å²) in [5, 5.41) is 6.01. The molecular formula is C7H15N3. The van der Waals surface area contributed by atoms with Gasteiger partial charge in [-0.3, -0.25) is 4.99 Å². The van der Waals surface area contributed by atoms with Gasteiger partial charge < -0.3 is 10.6 Å².